The summed E-state index contributed by atoms with van der Waals surface area (Å²) in [5.41, 5.74) is 9.26. The number of ether oxygens (including phenoxy) is 2. The maximum absolute atomic E-state index is 14.6. The summed E-state index contributed by atoms with van der Waals surface area (Å²) in [4.78, 5) is 8.00. The molecule has 4 rings (SSSR count). The summed E-state index contributed by atoms with van der Waals surface area (Å²) < 4.78 is 25.6. The van der Waals surface area contributed by atoms with Crippen LogP contribution in [0, 0.1) is 12.7 Å². The SMILES string of the molecule is COc1ccc(C2(c3ccc(F)c(-c4cncnc4)c3)C=C(N)OC2)cc1C. The average Bonchev–Trinajstić information content (AvgIpc) is 3.12. The van der Waals surface area contributed by atoms with E-state index in [0.29, 0.717) is 23.6 Å². The van der Waals surface area contributed by atoms with Crippen LogP contribution in [0.25, 0.3) is 11.1 Å². The molecule has 0 saturated carbocycles. The Kier molecular flexibility index (Phi) is 4.47. The number of aromatic nitrogens is 2. The van der Waals surface area contributed by atoms with Gasteiger partial charge in [0.2, 0.25) is 0 Å². The quantitative estimate of drug-likeness (QED) is 0.750. The second kappa shape index (κ2) is 6.96. The number of aryl methyl sites for hydroxylation is 1. The molecule has 3 aromatic rings. The number of nitrogens with zero attached hydrogens (tertiary/aromatic N) is 2. The first-order chi connectivity index (χ1) is 13.5. The second-order valence-electron chi connectivity index (χ2n) is 6.81. The van der Waals surface area contributed by atoms with Crippen LogP contribution >= 0.6 is 0 Å². The van der Waals surface area contributed by atoms with Gasteiger partial charge in [0.05, 0.1) is 12.5 Å². The molecule has 1 aliphatic rings. The van der Waals surface area contributed by atoms with Gasteiger partial charge < -0.3 is 15.2 Å². The molecule has 2 N–H and O–H groups in total. The Bertz CT molecular complexity index is 1050. The standard InChI is InChI=1S/C22H20FN3O2/c1-14-7-16(4-6-20(14)27-2)22(9-21(24)28-12-22)17-3-5-19(23)18(8-17)15-10-25-13-26-11-15/h3-11,13H,12,24H2,1-2H3. The van der Waals surface area contributed by atoms with Crippen molar-refractivity contribution in [2.75, 3.05) is 13.7 Å². The zero-order valence-electron chi connectivity index (χ0n) is 15.6. The van der Waals surface area contributed by atoms with Crippen molar-refractivity contribution in [2.24, 2.45) is 5.73 Å². The summed E-state index contributed by atoms with van der Waals surface area (Å²) in [7, 11) is 1.64. The molecule has 6 heteroatoms. The van der Waals surface area contributed by atoms with E-state index in [1.54, 1.807) is 25.6 Å². The lowest BCUT2D eigenvalue weighted by Gasteiger charge is -2.28. The Hall–Kier alpha value is -3.41. The molecule has 2 aromatic carbocycles. The van der Waals surface area contributed by atoms with Crippen LogP contribution in [0.4, 0.5) is 4.39 Å². The van der Waals surface area contributed by atoms with Gasteiger partial charge in [0, 0.05) is 23.5 Å². The van der Waals surface area contributed by atoms with Gasteiger partial charge in [-0.25, -0.2) is 14.4 Å². The lowest BCUT2D eigenvalue weighted by atomic mass is 9.74. The minimum atomic E-state index is -0.626. The molecule has 0 amide bonds. The smallest absolute Gasteiger partial charge is 0.181 e. The molecular formula is C22H20FN3O2. The third kappa shape index (κ3) is 2.97. The van der Waals surface area contributed by atoms with Crippen molar-refractivity contribution in [3.05, 3.63) is 89.6 Å². The van der Waals surface area contributed by atoms with Crippen LogP contribution in [0.15, 0.2) is 67.1 Å². The Morgan fingerprint density at radius 2 is 1.82 bits per heavy atom. The molecular weight excluding hydrogens is 357 g/mol. The fourth-order valence-corrected chi connectivity index (χ4v) is 3.64. The van der Waals surface area contributed by atoms with E-state index in [9.17, 15) is 4.39 Å². The highest BCUT2D eigenvalue weighted by Crippen LogP contribution is 2.41. The van der Waals surface area contributed by atoms with Gasteiger partial charge in [-0.2, -0.15) is 0 Å². The molecule has 0 radical (unpaired) electrons. The van der Waals surface area contributed by atoms with Crippen LogP contribution in [0.5, 0.6) is 5.75 Å². The van der Waals surface area contributed by atoms with Gasteiger partial charge in [0.1, 0.15) is 24.5 Å². The predicted molar refractivity (Wildman–Crippen MR) is 104 cm³/mol. The van der Waals surface area contributed by atoms with Crippen LogP contribution in [0.3, 0.4) is 0 Å². The van der Waals surface area contributed by atoms with Gasteiger partial charge in [0.15, 0.2) is 5.88 Å². The van der Waals surface area contributed by atoms with Crippen LogP contribution in [0.2, 0.25) is 0 Å². The molecule has 142 valence electrons. The number of rotatable bonds is 4. The van der Waals surface area contributed by atoms with Crippen LogP contribution in [-0.2, 0) is 10.2 Å². The average molecular weight is 377 g/mol. The normalized spacial score (nSPS) is 18.5. The Balaban J connectivity index is 1.89. The van der Waals surface area contributed by atoms with Gasteiger partial charge in [-0.3, -0.25) is 0 Å². The van der Waals surface area contributed by atoms with Crippen molar-refractivity contribution >= 4 is 0 Å². The number of hydrogen-bond acceptors (Lipinski definition) is 5. The number of methoxy groups -OCH3 is 1. The fourth-order valence-electron chi connectivity index (χ4n) is 3.64. The summed E-state index contributed by atoms with van der Waals surface area (Å²) in [5, 5.41) is 0. The van der Waals surface area contributed by atoms with Crippen molar-refractivity contribution in [3.63, 3.8) is 0 Å². The predicted octanol–water partition coefficient (Wildman–Crippen LogP) is 3.72. The Labute approximate surface area is 162 Å². The summed E-state index contributed by atoms with van der Waals surface area (Å²) in [6.45, 7) is 2.32. The van der Waals surface area contributed by atoms with Gasteiger partial charge >= 0.3 is 0 Å². The first-order valence-corrected chi connectivity index (χ1v) is 8.85. The van der Waals surface area contributed by atoms with Crippen molar-refractivity contribution in [2.45, 2.75) is 12.3 Å². The maximum atomic E-state index is 14.6. The molecule has 28 heavy (non-hydrogen) atoms. The van der Waals surface area contributed by atoms with E-state index in [4.69, 9.17) is 15.2 Å². The highest BCUT2D eigenvalue weighted by molar-refractivity contribution is 5.65. The van der Waals surface area contributed by atoms with Crippen LogP contribution in [-0.4, -0.2) is 23.7 Å². The number of halogens is 1. The molecule has 0 bridgehead atoms. The van der Waals surface area contributed by atoms with Crippen molar-refractivity contribution in [3.8, 4) is 16.9 Å². The summed E-state index contributed by atoms with van der Waals surface area (Å²) >= 11 is 0. The van der Waals surface area contributed by atoms with Crippen molar-refractivity contribution in [1.82, 2.24) is 9.97 Å². The van der Waals surface area contributed by atoms with Crippen LogP contribution in [0.1, 0.15) is 16.7 Å². The molecule has 1 atom stereocenters. The molecule has 1 aliphatic heterocycles. The highest BCUT2D eigenvalue weighted by atomic mass is 19.1. The van der Waals surface area contributed by atoms with Gasteiger partial charge in [0.25, 0.3) is 0 Å². The molecule has 0 spiro atoms. The number of nitrogens with two attached hydrogens (primary N) is 1. The topological polar surface area (TPSA) is 70.3 Å². The van der Waals surface area contributed by atoms with E-state index in [1.807, 2.05) is 37.3 Å². The van der Waals surface area contributed by atoms with E-state index in [2.05, 4.69) is 9.97 Å². The van der Waals surface area contributed by atoms with Gasteiger partial charge in [-0.1, -0.05) is 18.2 Å². The van der Waals surface area contributed by atoms with Crippen molar-refractivity contribution < 1.29 is 13.9 Å². The van der Waals surface area contributed by atoms with Crippen LogP contribution < -0.4 is 10.5 Å². The van der Waals surface area contributed by atoms with E-state index in [-0.39, 0.29) is 5.82 Å². The van der Waals surface area contributed by atoms with E-state index < -0.39 is 5.41 Å². The first-order valence-electron chi connectivity index (χ1n) is 8.85. The third-order valence-electron chi connectivity index (χ3n) is 5.12. The van der Waals surface area contributed by atoms with E-state index in [0.717, 1.165) is 22.4 Å². The molecule has 5 nitrogen and oxygen atoms in total. The zero-order valence-corrected chi connectivity index (χ0v) is 15.6. The largest absolute Gasteiger partial charge is 0.496 e. The Morgan fingerprint density at radius 1 is 1.11 bits per heavy atom. The highest BCUT2D eigenvalue weighted by Gasteiger charge is 2.39. The summed E-state index contributed by atoms with van der Waals surface area (Å²) in [6.07, 6.45) is 6.48. The fraction of sp³-hybridized carbons (Fsp3) is 0.182. The van der Waals surface area contributed by atoms with Crippen molar-refractivity contribution in [1.29, 1.82) is 0 Å². The zero-order chi connectivity index (χ0) is 19.7. The summed E-state index contributed by atoms with van der Waals surface area (Å²) in [5.74, 6) is 0.814. The minimum Gasteiger partial charge on any atom is -0.496 e. The minimum absolute atomic E-state index is 0.334. The molecule has 2 heterocycles. The molecule has 1 unspecified atom stereocenters. The monoisotopic (exact) mass is 377 g/mol. The maximum Gasteiger partial charge on any atom is 0.181 e. The van der Waals surface area contributed by atoms with Gasteiger partial charge in [-0.15, -0.1) is 0 Å². The Morgan fingerprint density at radius 3 is 2.46 bits per heavy atom. The second-order valence-corrected chi connectivity index (χ2v) is 6.81. The third-order valence-corrected chi connectivity index (χ3v) is 5.12. The molecule has 1 aromatic heterocycles. The molecule has 0 saturated heterocycles. The lowest BCUT2D eigenvalue weighted by Crippen LogP contribution is -2.27. The molecule has 0 fully saturated rings. The lowest BCUT2D eigenvalue weighted by molar-refractivity contribution is 0.213. The van der Waals surface area contributed by atoms with Gasteiger partial charge in [-0.05, 0) is 47.9 Å². The first kappa shape index (κ1) is 18.0. The summed E-state index contributed by atoms with van der Waals surface area (Å²) in [6, 6.07) is 11.0. The van der Waals surface area contributed by atoms with E-state index in [1.165, 1.54) is 12.4 Å². The number of benzene rings is 2. The van der Waals surface area contributed by atoms with E-state index >= 15 is 0 Å². The number of hydrogen-bond donors (Lipinski definition) is 1. The molecule has 0 aliphatic carbocycles.